The summed E-state index contributed by atoms with van der Waals surface area (Å²) in [4.78, 5) is 6.84. The second-order valence-electron chi connectivity index (χ2n) is 6.99. The Kier molecular flexibility index (Phi) is 8.77. The molecule has 0 aliphatic carbocycles. The summed E-state index contributed by atoms with van der Waals surface area (Å²) in [6.45, 7) is 11.3. The third-order valence-electron chi connectivity index (χ3n) is 4.73. The van der Waals surface area contributed by atoms with Crippen LogP contribution < -0.4 is 10.6 Å². The first kappa shape index (κ1) is 19.7. The zero-order valence-corrected chi connectivity index (χ0v) is 16.0. The molecule has 5 heteroatoms. The van der Waals surface area contributed by atoms with E-state index in [1.54, 1.807) is 0 Å². The fourth-order valence-corrected chi connectivity index (χ4v) is 3.11. The molecule has 0 saturated carbocycles. The molecular formula is C20H34N4O. The van der Waals surface area contributed by atoms with Crippen molar-refractivity contribution in [3.05, 3.63) is 35.9 Å². The molecule has 1 fully saturated rings. The van der Waals surface area contributed by atoms with Gasteiger partial charge in [0.15, 0.2) is 5.96 Å². The Bertz CT molecular complexity index is 506. The lowest BCUT2D eigenvalue weighted by Gasteiger charge is -2.18. The van der Waals surface area contributed by atoms with Crippen LogP contribution in [0.3, 0.4) is 0 Å². The highest BCUT2D eigenvalue weighted by Crippen LogP contribution is 2.14. The quantitative estimate of drug-likeness (QED) is 0.532. The zero-order valence-electron chi connectivity index (χ0n) is 16.0. The first-order chi connectivity index (χ1) is 12.2. The number of benzene rings is 1. The van der Waals surface area contributed by atoms with Gasteiger partial charge in [-0.15, -0.1) is 0 Å². The molecule has 25 heavy (non-hydrogen) atoms. The number of ether oxygens (including phenoxy) is 1. The fourth-order valence-electron chi connectivity index (χ4n) is 3.11. The van der Waals surface area contributed by atoms with E-state index >= 15 is 0 Å². The molecule has 1 aromatic rings. The van der Waals surface area contributed by atoms with E-state index < -0.39 is 0 Å². The van der Waals surface area contributed by atoms with Crippen LogP contribution in [0.4, 0.5) is 0 Å². The average molecular weight is 347 g/mol. The van der Waals surface area contributed by atoms with Gasteiger partial charge in [-0.1, -0.05) is 44.2 Å². The molecule has 0 spiro atoms. The number of nitrogens with one attached hydrogen (secondary N) is 2. The maximum atomic E-state index is 5.81. The van der Waals surface area contributed by atoms with Crippen LogP contribution in [-0.2, 0) is 11.3 Å². The SMILES string of the molecule is CCN1CCC(CNC(=NC)NCC(C)COCc2ccccc2)C1. The van der Waals surface area contributed by atoms with Crippen LogP contribution in [0.25, 0.3) is 0 Å². The van der Waals surface area contributed by atoms with Crippen LogP contribution in [0.2, 0.25) is 0 Å². The predicted octanol–water partition coefficient (Wildman–Crippen LogP) is 2.35. The Morgan fingerprint density at radius 2 is 2.12 bits per heavy atom. The van der Waals surface area contributed by atoms with E-state index in [-0.39, 0.29) is 0 Å². The van der Waals surface area contributed by atoms with Gasteiger partial charge in [-0.3, -0.25) is 4.99 Å². The first-order valence-corrected chi connectivity index (χ1v) is 9.49. The summed E-state index contributed by atoms with van der Waals surface area (Å²) < 4.78 is 5.81. The molecule has 0 bridgehead atoms. The molecule has 0 aromatic heterocycles. The molecule has 1 aromatic carbocycles. The highest BCUT2D eigenvalue weighted by molar-refractivity contribution is 5.79. The molecule has 2 unspecified atom stereocenters. The summed E-state index contributed by atoms with van der Waals surface area (Å²) in [7, 11) is 1.83. The second kappa shape index (κ2) is 11.1. The lowest BCUT2D eigenvalue weighted by molar-refractivity contribution is 0.0931. The van der Waals surface area contributed by atoms with Crippen LogP contribution in [-0.4, -0.2) is 57.2 Å². The van der Waals surface area contributed by atoms with Crippen molar-refractivity contribution in [3.8, 4) is 0 Å². The topological polar surface area (TPSA) is 48.9 Å². The summed E-state index contributed by atoms with van der Waals surface area (Å²) in [5, 5.41) is 6.88. The van der Waals surface area contributed by atoms with Crippen LogP contribution in [0.5, 0.6) is 0 Å². The Morgan fingerprint density at radius 3 is 2.80 bits per heavy atom. The van der Waals surface area contributed by atoms with E-state index in [4.69, 9.17) is 4.74 Å². The summed E-state index contributed by atoms with van der Waals surface area (Å²) in [5.74, 6) is 2.05. The van der Waals surface area contributed by atoms with Crippen molar-refractivity contribution >= 4 is 5.96 Å². The van der Waals surface area contributed by atoms with Crippen LogP contribution in [0.1, 0.15) is 25.8 Å². The van der Waals surface area contributed by atoms with E-state index in [9.17, 15) is 0 Å². The van der Waals surface area contributed by atoms with Crippen LogP contribution >= 0.6 is 0 Å². The number of guanidine groups is 1. The molecule has 0 radical (unpaired) electrons. The molecular weight excluding hydrogens is 312 g/mol. The average Bonchev–Trinajstić information content (AvgIpc) is 3.11. The third kappa shape index (κ3) is 7.45. The summed E-state index contributed by atoms with van der Waals surface area (Å²) in [5.41, 5.74) is 1.22. The van der Waals surface area contributed by atoms with E-state index in [1.165, 1.54) is 25.1 Å². The third-order valence-corrected chi connectivity index (χ3v) is 4.73. The molecule has 1 heterocycles. The smallest absolute Gasteiger partial charge is 0.190 e. The van der Waals surface area contributed by atoms with Gasteiger partial charge in [0.05, 0.1) is 13.2 Å². The van der Waals surface area contributed by atoms with Crippen molar-refractivity contribution in [1.29, 1.82) is 0 Å². The maximum absolute atomic E-state index is 5.81. The van der Waals surface area contributed by atoms with Crippen molar-refractivity contribution in [2.75, 3.05) is 46.4 Å². The Hall–Kier alpha value is -1.59. The number of rotatable bonds is 9. The molecule has 2 rings (SSSR count). The molecule has 1 saturated heterocycles. The van der Waals surface area contributed by atoms with Crippen molar-refractivity contribution in [2.24, 2.45) is 16.8 Å². The van der Waals surface area contributed by atoms with Crippen LogP contribution in [0.15, 0.2) is 35.3 Å². The number of nitrogens with zero attached hydrogens (tertiary/aromatic N) is 2. The van der Waals surface area contributed by atoms with Gasteiger partial charge < -0.3 is 20.3 Å². The van der Waals surface area contributed by atoms with E-state index in [2.05, 4.69) is 46.5 Å². The summed E-state index contributed by atoms with van der Waals surface area (Å²) >= 11 is 0. The van der Waals surface area contributed by atoms with Crippen molar-refractivity contribution < 1.29 is 4.74 Å². The van der Waals surface area contributed by atoms with Gasteiger partial charge in [-0.2, -0.15) is 0 Å². The molecule has 2 atom stereocenters. The van der Waals surface area contributed by atoms with Gasteiger partial charge in [0, 0.05) is 26.7 Å². The summed E-state index contributed by atoms with van der Waals surface area (Å²) in [6.07, 6.45) is 1.28. The Morgan fingerprint density at radius 1 is 1.32 bits per heavy atom. The van der Waals surface area contributed by atoms with E-state index in [0.29, 0.717) is 12.5 Å². The van der Waals surface area contributed by atoms with Crippen LogP contribution in [0, 0.1) is 11.8 Å². The number of hydrogen-bond donors (Lipinski definition) is 2. The normalized spacial score (nSPS) is 19.8. The number of likely N-dealkylation sites (tertiary alicyclic amines) is 1. The lowest BCUT2D eigenvalue weighted by Crippen LogP contribution is -2.42. The zero-order chi connectivity index (χ0) is 17.9. The number of aliphatic imine (C=N–C) groups is 1. The minimum absolute atomic E-state index is 0.435. The van der Waals surface area contributed by atoms with E-state index in [0.717, 1.165) is 38.1 Å². The van der Waals surface area contributed by atoms with Gasteiger partial charge in [-0.05, 0) is 36.9 Å². The highest BCUT2D eigenvalue weighted by Gasteiger charge is 2.21. The Labute approximate surface area is 152 Å². The summed E-state index contributed by atoms with van der Waals surface area (Å²) in [6, 6.07) is 10.3. The minimum Gasteiger partial charge on any atom is -0.376 e. The van der Waals surface area contributed by atoms with Crippen molar-refractivity contribution in [3.63, 3.8) is 0 Å². The molecule has 140 valence electrons. The highest BCUT2D eigenvalue weighted by atomic mass is 16.5. The molecule has 1 aliphatic rings. The molecule has 1 aliphatic heterocycles. The van der Waals surface area contributed by atoms with Crippen molar-refractivity contribution in [2.45, 2.75) is 26.9 Å². The van der Waals surface area contributed by atoms with Gasteiger partial charge in [0.25, 0.3) is 0 Å². The van der Waals surface area contributed by atoms with Gasteiger partial charge in [-0.25, -0.2) is 0 Å². The lowest BCUT2D eigenvalue weighted by atomic mass is 10.1. The monoisotopic (exact) mass is 346 g/mol. The van der Waals surface area contributed by atoms with Crippen molar-refractivity contribution in [1.82, 2.24) is 15.5 Å². The fraction of sp³-hybridized carbons (Fsp3) is 0.650. The second-order valence-corrected chi connectivity index (χ2v) is 6.99. The van der Waals surface area contributed by atoms with Gasteiger partial charge in [0.2, 0.25) is 0 Å². The van der Waals surface area contributed by atoms with Gasteiger partial charge in [0.1, 0.15) is 0 Å². The van der Waals surface area contributed by atoms with Gasteiger partial charge >= 0.3 is 0 Å². The largest absolute Gasteiger partial charge is 0.376 e. The standard InChI is InChI=1S/C20H34N4O/c1-4-24-11-10-19(14-24)13-23-20(21-3)22-12-17(2)15-25-16-18-8-6-5-7-9-18/h5-9,17,19H,4,10-16H2,1-3H3,(H2,21,22,23). The first-order valence-electron chi connectivity index (χ1n) is 9.49. The predicted molar refractivity (Wildman–Crippen MR) is 105 cm³/mol. The molecule has 2 N–H and O–H groups in total. The minimum atomic E-state index is 0.435. The molecule has 5 nitrogen and oxygen atoms in total. The Balaban J connectivity index is 1.58. The molecule has 0 amide bonds. The maximum Gasteiger partial charge on any atom is 0.190 e. The number of hydrogen-bond acceptors (Lipinski definition) is 3. The van der Waals surface area contributed by atoms with E-state index in [1.807, 2.05) is 25.2 Å².